The molecule has 0 radical (unpaired) electrons. The summed E-state index contributed by atoms with van der Waals surface area (Å²) in [5.41, 5.74) is 6.24. The number of H-pyrrole nitrogens is 1. The van der Waals surface area contributed by atoms with Crippen molar-refractivity contribution in [2.45, 2.75) is 0 Å². The Morgan fingerprint density at radius 2 is 1.92 bits per heavy atom. The molecule has 120 valence electrons. The number of pyridine rings is 1. The molecule has 5 rings (SSSR count). The maximum atomic E-state index is 6.11. The molecule has 0 saturated carbocycles. The second kappa shape index (κ2) is 5.60. The summed E-state index contributed by atoms with van der Waals surface area (Å²) >= 11 is 1.57. The molecule has 0 amide bonds. The fourth-order valence-electron chi connectivity index (χ4n) is 2.69. The lowest BCUT2D eigenvalue weighted by atomic mass is 10.1. The standard InChI is InChI=1S/C17H10N6OS/c1-3-11(17-20-22-23-21-17)4-2-10(1)14-7-13-16(24-14)12(5-6-19-13)15-8-18-9-25-15/h1-9H,(H,20,21,22,23). The van der Waals surface area contributed by atoms with E-state index in [0.29, 0.717) is 5.82 Å². The van der Waals surface area contributed by atoms with Crippen LogP contribution in [0.3, 0.4) is 0 Å². The minimum atomic E-state index is 0.560. The molecule has 8 heteroatoms. The van der Waals surface area contributed by atoms with Crippen molar-refractivity contribution in [3.63, 3.8) is 0 Å². The molecule has 0 fully saturated rings. The predicted octanol–water partition coefficient (Wildman–Crippen LogP) is 3.80. The molecule has 1 aromatic carbocycles. The van der Waals surface area contributed by atoms with Crippen molar-refractivity contribution >= 4 is 22.4 Å². The smallest absolute Gasteiger partial charge is 0.204 e. The Balaban J connectivity index is 1.58. The van der Waals surface area contributed by atoms with Crippen molar-refractivity contribution < 1.29 is 4.42 Å². The Kier molecular flexibility index (Phi) is 3.14. The van der Waals surface area contributed by atoms with Gasteiger partial charge in [0, 0.05) is 35.2 Å². The number of thiazole rings is 1. The molecule has 0 aliphatic rings. The van der Waals surface area contributed by atoms with Gasteiger partial charge < -0.3 is 4.42 Å². The molecule has 1 N–H and O–H groups in total. The highest BCUT2D eigenvalue weighted by Crippen LogP contribution is 2.35. The van der Waals surface area contributed by atoms with Gasteiger partial charge in [0.15, 0.2) is 5.58 Å². The molecule has 25 heavy (non-hydrogen) atoms. The Hall–Kier alpha value is -3.39. The van der Waals surface area contributed by atoms with Crippen molar-refractivity contribution in [2.24, 2.45) is 0 Å². The maximum absolute atomic E-state index is 6.11. The number of nitrogens with zero attached hydrogens (tertiary/aromatic N) is 5. The summed E-state index contributed by atoms with van der Waals surface area (Å²) in [6, 6.07) is 11.7. The summed E-state index contributed by atoms with van der Waals surface area (Å²) in [5.74, 6) is 1.32. The van der Waals surface area contributed by atoms with Crippen molar-refractivity contribution in [3.8, 4) is 33.2 Å². The van der Waals surface area contributed by atoms with E-state index in [0.717, 1.165) is 38.4 Å². The van der Waals surface area contributed by atoms with Gasteiger partial charge in [-0.3, -0.25) is 9.97 Å². The van der Waals surface area contributed by atoms with Gasteiger partial charge in [-0.15, -0.1) is 21.5 Å². The van der Waals surface area contributed by atoms with Crippen LogP contribution in [0.15, 0.2) is 58.7 Å². The first-order valence-electron chi connectivity index (χ1n) is 7.50. The van der Waals surface area contributed by atoms with Gasteiger partial charge in [0.2, 0.25) is 5.82 Å². The van der Waals surface area contributed by atoms with Gasteiger partial charge in [-0.05, 0) is 11.3 Å². The summed E-state index contributed by atoms with van der Waals surface area (Å²) in [5, 5.41) is 14.0. The van der Waals surface area contributed by atoms with E-state index in [9.17, 15) is 0 Å². The summed E-state index contributed by atoms with van der Waals surface area (Å²) in [6.45, 7) is 0. The van der Waals surface area contributed by atoms with Crippen LogP contribution in [0.5, 0.6) is 0 Å². The minimum Gasteiger partial charge on any atom is -0.454 e. The molecule has 7 nitrogen and oxygen atoms in total. The number of fused-ring (bicyclic) bond motifs is 1. The molecule has 4 heterocycles. The molecule has 0 unspecified atom stereocenters. The number of tetrazole rings is 1. The second-order valence-corrected chi connectivity index (χ2v) is 6.25. The summed E-state index contributed by atoms with van der Waals surface area (Å²) in [4.78, 5) is 9.61. The van der Waals surface area contributed by atoms with Crippen molar-refractivity contribution in [1.29, 1.82) is 0 Å². The van der Waals surface area contributed by atoms with E-state index in [2.05, 4.69) is 30.6 Å². The highest BCUT2D eigenvalue weighted by atomic mass is 32.1. The predicted molar refractivity (Wildman–Crippen MR) is 93.7 cm³/mol. The molecule has 0 bridgehead atoms. The fourth-order valence-corrected chi connectivity index (χ4v) is 3.34. The van der Waals surface area contributed by atoms with Gasteiger partial charge in [-0.25, -0.2) is 0 Å². The minimum absolute atomic E-state index is 0.560. The van der Waals surface area contributed by atoms with E-state index in [1.165, 1.54) is 0 Å². The van der Waals surface area contributed by atoms with E-state index in [1.807, 2.05) is 48.1 Å². The van der Waals surface area contributed by atoms with Gasteiger partial charge in [-0.1, -0.05) is 24.3 Å². The topological polar surface area (TPSA) is 93.4 Å². The number of nitrogens with one attached hydrogen (secondary N) is 1. The zero-order chi connectivity index (χ0) is 16.6. The molecule has 0 saturated heterocycles. The van der Waals surface area contributed by atoms with Crippen molar-refractivity contribution in [1.82, 2.24) is 30.6 Å². The average Bonchev–Trinajstić information content (AvgIpc) is 3.42. The summed E-state index contributed by atoms with van der Waals surface area (Å²) in [7, 11) is 0. The Morgan fingerprint density at radius 1 is 1.04 bits per heavy atom. The molecule has 4 aromatic heterocycles. The molecular formula is C17H10N6OS. The number of benzene rings is 1. The molecular weight excluding hydrogens is 336 g/mol. The molecule has 0 spiro atoms. The number of rotatable bonds is 3. The number of hydrogen-bond donors (Lipinski definition) is 1. The van der Waals surface area contributed by atoms with Crippen LogP contribution in [-0.2, 0) is 0 Å². The lowest BCUT2D eigenvalue weighted by Crippen LogP contribution is -1.81. The SMILES string of the molecule is c1cc(-c2cncs2)c2oc(-c3ccc(-c4nn[nH]n4)cc3)cc2n1. The third kappa shape index (κ3) is 2.39. The van der Waals surface area contributed by atoms with Gasteiger partial charge in [0.1, 0.15) is 11.3 Å². The van der Waals surface area contributed by atoms with Gasteiger partial charge in [0.05, 0.1) is 10.4 Å². The zero-order valence-electron chi connectivity index (χ0n) is 12.7. The monoisotopic (exact) mass is 346 g/mol. The van der Waals surface area contributed by atoms with Crippen molar-refractivity contribution in [2.75, 3.05) is 0 Å². The van der Waals surface area contributed by atoms with Crippen LogP contribution in [0, 0.1) is 0 Å². The molecule has 5 aromatic rings. The van der Waals surface area contributed by atoms with E-state index in [-0.39, 0.29) is 0 Å². The molecule has 0 aliphatic heterocycles. The normalized spacial score (nSPS) is 11.2. The first-order valence-corrected chi connectivity index (χ1v) is 8.38. The van der Waals surface area contributed by atoms with Crippen LogP contribution in [-0.4, -0.2) is 30.6 Å². The number of aromatic nitrogens is 6. The molecule has 0 atom stereocenters. The lowest BCUT2D eigenvalue weighted by molar-refractivity contribution is 0.632. The second-order valence-electron chi connectivity index (χ2n) is 5.36. The average molecular weight is 346 g/mol. The third-order valence-electron chi connectivity index (χ3n) is 3.88. The highest BCUT2D eigenvalue weighted by Gasteiger charge is 2.13. The highest BCUT2D eigenvalue weighted by molar-refractivity contribution is 7.13. The van der Waals surface area contributed by atoms with Gasteiger partial charge in [-0.2, -0.15) is 5.21 Å². The van der Waals surface area contributed by atoms with E-state index in [4.69, 9.17) is 4.42 Å². The number of hydrogen-bond acceptors (Lipinski definition) is 7. The number of aromatic amines is 1. The summed E-state index contributed by atoms with van der Waals surface area (Å²) in [6.07, 6.45) is 3.62. The fraction of sp³-hybridized carbons (Fsp3) is 0. The van der Waals surface area contributed by atoms with E-state index >= 15 is 0 Å². The quantitative estimate of drug-likeness (QED) is 0.534. The Labute approximate surface area is 145 Å². The first kappa shape index (κ1) is 14.0. The van der Waals surface area contributed by atoms with Crippen LogP contribution < -0.4 is 0 Å². The lowest BCUT2D eigenvalue weighted by Gasteiger charge is -1.99. The van der Waals surface area contributed by atoms with Crippen LogP contribution in [0.1, 0.15) is 0 Å². The maximum Gasteiger partial charge on any atom is 0.204 e. The van der Waals surface area contributed by atoms with Crippen LogP contribution in [0.2, 0.25) is 0 Å². The van der Waals surface area contributed by atoms with Crippen LogP contribution in [0.4, 0.5) is 0 Å². The van der Waals surface area contributed by atoms with E-state index < -0.39 is 0 Å². The Morgan fingerprint density at radius 3 is 2.68 bits per heavy atom. The first-order chi connectivity index (χ1) is 12.4. The largest absolute Gasteiger partial charge is 0.454 e. The van der Waals surface area contributed by atoms with Gasteiger partial charge in [0.25, 0.3) is 0 Å². The van der Waals surface area contributed by atoms with Gasteiger partial charge >= 0.3 is 0 Å². The zero-order valence-corrected chi connectivity index (χ0v) is 13.6. The van der Waals surface area contributed by atoms with Crippen LogP contribution >= 0.6 is 11.3 Å². The molecule has 0 aliphatic carbocycles. The van der Waals surface area contributed by atoms with Crippen molar-refractivity contribution in [3.05, 3.63) is 54.3 Å². The van der Waals surface area contributed by atoms with Crippen LogP contribution in [0.25, 0.3) is 44.3 Å². The van der Waals surface area contributed by atoms with E-state index in [1.54, 1.807) is 17.5 Å². The Bertz CT molecular complexity index is 1130. The number of furan rings is 1. The summed E-state index contributed by atoms with van der Waals surface area (Å²) < 4.78 is 6.11. The third-order valence-corrected chi connectivity index (χ3v) is 4.69.